The summed E-state index contributed by atoms with van der Waals surface area (Å²) in [7, 11) is 0. The molecule has 0 saturated carbocycles. The van der Waals surface area contributed by atoms with E-state index in [1.165, 1.54) is 6.33 Å². The van der Waals surface area contributed by atoms with E-state index in [1.807, 2.05) is 0 Å². The van der Waals surface area contributed by atoms with Crippen LogP contribution in [0.1, 0.15) is 5.56 Å². The van der Waals surface area contributed by atoms with Crippen LogP contribution in [-0.4, -0.2) is 61.7 Å². The molecular weight excluding hydrogens is 262 g/mol. The average molecular weight is 280 g/mol. The van der Waals surface area contributed by atoms with Gasteiger partial charge < -0.3 is 30.9 Å². The third kappa shape index (κ3) is 2.02. The van der Waals surface area contributed by atoms with Crippen molar-refractivity contribution in [3.8, 4) is 0 Å². The lowest BCUT2D eigenvalue weighted by Gasteiger charge is -2.20. The molecule has 0 bridgehead atoms. The highest BCUT2D eigenvalue weighted by atomic mass is 16.3. The fourth-order valence-electron chi connectivity index (χ4n) is 2.88. The molecule has 0 aromatic carbocycles. The summed E-state index contributed by atoms with van der Waals surface area (Å²) in [6, 6.07) is -0.394. The summed E-state index contributed by atoms with van der Waals surface area (Å²) < 4.78 is 0. The molecule has 1 fully saturated rings. The number of rotatable bonds is 3. The van der Waals surface area contributed by atoms with Gasteiger partial charge in [-0.15, -0.1) is 0 Å². The van der Waals surface area contributed by atoms with Gasteiger partial charge in [0, 0.05) is 6.20 Å². The molecule has 8 heteroatoms. The average Bonchev–Trinajstić information content (AvgIpc) is 2.94. The van der Waals surface area contributed by atoms with Crippen LogP contribution < -0.4 is 10.6 Å². The molecule has 3 rings (SSSR count). The lowest BCUT2D eigenvalue weighted by atomic mass is 10.1. The third-order valence-electron chi connectivity index (χ3n) is 3.99. The van der Waals surface area contributed by atoms with Crippen molar-refractivity contribution in [3.05, 3.63) is 18.1 Å². The second-order valence-corrected chi connectivity index (χ2v) is 5.18. The fraction of sp³-hybridized carbons (Fsp3) is 0.500. The van der Waals surface area contributed by atoms with Crippen LogP contribution in [0, 0.1) is 0 Å². The van der Waals surface area contributed by atoms with Gasteiger partial charge in [0.15, 0.2) is 5.82 Å². The van der Waals surface area contributed by atoms with Crippen LogP contribution in [0.2, 0.25) is 0 Å². The molecule has 1 aliphatic rings. The van der Waals surface area contributed by atoms with Gasteiger partial charge in [-0.3, -0.25) is 0 Å². The number of H-pyrrole nitrogens is 1. The second kappa shape index (κ2) is 4.98. The van der Waals surface area contributed by atoms with Gasteiger partial charge in [0.05, 0.1) is 12.2 Å². The van der Waals surface area contributed by atoms with E-state index in [4.69, 9.17) is 5.73 Å². The van der Waals surface area contributed by atoms with Crippen LogP contribution in [0.5, 0.6) is 0 Å². The number of quaternary nitrogens is 1. The number of aromatic nitrogens is 3. The zero-order valence-corrected chi connectivity index (χ0v) is 10.8. The molecule has 0 amide bonds. The third-order valence-corrected chi connectivity index (χ3v) is 3.99. The topological polar surface area (TPSA) is 133 Å². The first-order valence-electron chi connectivity index (χ1n) is 6.49. The van der Waals surface area contributed by atoms with E-state index >= 15 is 0 Å². The fourth-order valence-corrected chi connectivity index (χ4v) is 2.88. The van der Waals surface area contributed by atoms with E-state index in [2.05, 4.69) is 15.0 Å². The Morgan fingerprint density at radius 1 is 1.40 bits per heavy atom. The van der Waals surface area contributed by atoms with Gasteiger partial charge in [-0.2, -0.15) is 0 Å². The Kier molecular flexibility index (Phi) is 3.30. The first-order chi connectivity index (χ1) is 9.61. The molecule has 0 radical (unpaired) electrons. The number of nitrogens with zero attached hydrogens (tertiary/aromatic N) is 2. The summed E-state index contributed by atoms with van der Waals surface area (Å²) in [5.74, 6) is 0.386. The molecule has 1 saturated heterocycles. The number of nitrogen functional groups attached to an aromatic ring is 1. The minimum Gasteiger partial charge on any atom is -0.390 e. The SMILES string of the molecule is Nc1ncnc2c(C[NH+]3C[C@H](O)[C@H](O)[C@H]3CO)c[nH]c12. The summed E-state index contributed by atoms with van der Waals surface area (Å²) in [5, 5.41) is 28.9. The van der Waals surface area contributed by atoms with Gasteiger partial charge in [-0.25, -0.2) is 9.97 Å². The van der Waals surface area contributed by atoms with Crippen LogP contribution in [-0.2, 0) is 6.54 Å². The minimum absolute atomic E-state index is 0.174. The normalized spacial score (nSPS) is 30.1. The number of aliphatic hydroxyl groups is 3. The highest BCUT2D eigenvalue weighted by molar-refractivity contribution is 5.86. The Morgan fingerprint density at radius 3 is 2.95 bits per heavy atom. The molecule has 4 atom stereocenters. The molecule has 3 heterocycles. The molecule has 7 N–H and O–H groups in total. The maximum Gasteiger partial charge on any atom is 0.151 e. The van der Waals surface area contributed by atoms with Crippen LogP contribution in [0.3, 0.4) is 0 Å². The predicted octanol–water partition coefficient (Wildman–Crippen LogP) is -2.98. The maximum atomic E-state index is 9.83. The molecule has 108 valence electrons. The first-order valence-corrected chi connectivity index (χ1v) is 6.49. The molecule has 20 heavy (non-hydrogen) atoms. The zero-order valence-electron chi connectivity index (χ0n) is 10.8. The summed E-state index contributed by atoms with van der Waals surface area (Å²) >= 11 is 0. The molecule has 1 aliphatic heterocycles. The van der Waals surface area contributed by atoms with Gasteiger partial charge in [0.2, 0.25) is 0 Å². The quantitative estimate of drug-likeness (QED) is 0.355. The van der Waals surface area contributed by atoms with Gasteiger partial charge in [-0.1, -0.05) is 0 Å². The van der Waals surface area contributed by atoms with Crippen molar-refractivity contribution in [2.75, 3.05) is 18.9 Å². The number of aliphatic hydroxyl groups excluding tert-OH is 3. The largest absolute Gasteiger partial charge is 0.390 e. The Hall–Kier alpha value is -1.74. The van der Waals surface area contributed by atoms with Crippen molar-refractivity contribution in [3.63, 3.8) is 0 Å². The molecule has 0 aliphatic carbocycles. The Balaban J connectivity index is 1.88. The standard InChI is InChI=1S/C12H17N5O3/c13-12-10-9(15-5-16-12)6(1-14-10)2-17-3-8(19)11(20)7(17)4-18/h1,5,7-8,11,14,18-20H,2-4H2,(H2,13,15,16)/p+1/t7-,8+,11-/m1/s1. The molecular formula is C12H18N5O3+. The number of hydrogen-bond acceptors (Lipinski definition) is 6. The Bertz CT molecular complexity index is 616. The summed E-state index contributed by atoms with van der Waals surface area (Å²) in [6.07, 6.45) is 1.49. The van der Waals surface area contributed by atoms with Gasteiger partial charge >= 0.3 is 0 Å². The zero-order chi connectivity index (χ0) is 14.3. The lowest BCUT2D eigenvalue weighted by molar-refractivity contribution is -0.928. The van der Waals surface area contributed by atoms with E-state index in [0.717, 1.165) is 16.0 Å². The van der Waals surface area contributed by atoms with Crippen molar-refractivity contribution < 1.29 is 20.2 Å². The number of nitrogens with one attached hydrogen (secondary N) is 2. The maximum absolute atomic E-state index is 9.83. The summed E-state index contributed by atoms with van der Waals surface area (Å²) in [5.41, 5.74) is 8.10. The monoisotopic (exact) mass is 280 g/mol. The number of anilines is 1. The van der Waals surface area contributed by atoms with E-state index in [9.17, 15) is 15.3 Å². The second-order valence-electron chi connectivity index (χ2n) is 5.18. The number of fused-ring (bicyclic) bond motifs is 1. The van der Waals surface area contributed by atoms with Gasteiger partial charge in [-0.05, 0) is 0 Å². The van der Waals surface area contributed by atoms with Crippen molar-refractivity contribution in [2.24, 2.45) is 0 Å². The highest BCUT2D eigenvalue weighted by Gasteiger charge is 2.43. The first kappa shape index (κ1) is 13.3. The van der Waals surface area contributed by atoms with Crippen molar-refractivity contribution in [2.45, 2.75) is 24.8 Å². The molecule has 2 aromatic rings. The predicted molar refractivity (Wildman–Crippen MR) is 70.7 cm³/mol. The van der Waals surface area contributed by atoms with Gasteiger partial charge in [0.1, 0.15) is 48.7 Å². The van der Waals surface area contributed by atoms with Gasteiger partial charge in [0.25, 0.3) is 0 Å². The van der Waals surface area contributed by atoms with Crippen LogP contribution in [0.25, 0.3) is 11.0 Å². The molecule has 2 aromatic heterocycles. The molecule has 1 unspecified atom stereocenters. The van der Waals surface area contributed by atoms with E-state index in [-0.39, 0.29) is 6.61 Å². The Morgan fingerprint density at radius 2 is 2.20 bits per heavy atom. The Labute approximate surface area is 114 Å². The molecule has 0 spiro atoms. The van der Waals surface area contributed by atoms with Crippen LogP contribution in [0.15, 0.2) is 12.5 Å². The van der Waals surface area contributed by atoms with E-state index < -0.39 is 18.2 Å². The molecule has 8 nitrogen and oxygen atoms in total. The number of likely N-dealkylation sites (tertiary alicyclic amines) is 1. The lowest BCUT2D eigenvalue weighted by Crippen LogP contribution is -3.13. The number of nitrogens with two attached hydrogens (primary N) is 1. The van der Waals surface area contributed by atoms with Crippen molar-refractivity contribution in [1.82, 2.24) is 15.0 Å². The summed E-state index contributed by atoms with van der Waals surface area (Å²) in [6.45, 7) is 0.752. The number of hydrogen-bond donors (Lipinski definition) is 6. The smallest absolute Gasteiger partial charge is 0.151 e. The minimum atomic E-state index is -0.903. The number of aromatic amines is 1. The summed E-state index contributed by atoms with van der Waals surface area (Å²) in [4.78, 5) is 12.1. The van der Waals surface area contributed by atoms with E-state index in [0.29, 0.717) is 24.4 Å². The van der Waals surface area contributed by atoms with Crippen LogP contribution >= 0.6 is 0 Å². The van der Waals surface area contributed by atoms with Crippen LogP contribution in [0.4, 0.5) is 5.82 Å². The van der Waals surface area contributed by atoms with Crippen molar-refractivity contribution >= 4 is 16.9 Å². The van der Waals surface area contributed by atoms with E-state index in [1.54, 1.807) is 6.20 Å². The highest BCUT2D eigenvalue weighted by Crippen LogP contribution is 2.18. The van der Waals surface area contributed by atoms with Crippen molar-refractivity contribution in [1.29, 1.82) is 0 Å².